The molecule has 0 atom stereocenters. The van der Waals surface area contributed by atoms with Crippen molar-refractivity contribution in [2.75, 3.05) is 25.2 Å². The van der Waals surface area contributed by atoms with Gasteiger partial charge in [-0.05, 0) is 26.3 Å². The summed E-state index contributed by atoms with van der Waals surface area (Å²) in [5.41, 5.74) is 11.4. The van der Waals surface area contributed by atoms with E-state index in [4.69, 9.17) is 15.6 Å². The van der Waals surface area contributed by atoms with Crippen LogP contribution in [0.1, 0.15) is 28.9 Å². The second-order valence-corrected chi connectivity index (χ2v) is 7.70. The van der Waals surface area contributed by atoms with Gasteiger partial charge in [0, 0.05) is 29.7 Å². The highest BCUT2D eigenvalue weighted by atomic mass is 32.2. The van der Waals surface area contributed by atoms with Crippen LogP contribution >= 0.6 is 11.8 Å². The molecule has 28 heavy (non-hydrogen) atoms. The summed E-state index contributed by atoms with van der Waals surface area (Å²) in [5.74, 6) is 1.80. The van der Waals surface area contributed by atoms with Gasteiger partial charge in [0.25, 0.3) is 0 Å². The lowest BCUT2D eigenvalue weighted by atomic mass is 10.1. The number of thioether (sulfide) groups is 1. The first-order chi connectivity index (χ1) is 13.5. The Morgan fingerprint density at radius 3 is 2.89 bits per heavy atom. The minimum Gasteiger partial charge on any atom is -0.496 e. The van der Waals surface area contributed by atoms with Gasteiger partial charge in [0.1, 0.15) is 10.8 Å². The minimum absolute atomic E-state index is 0.104. The lowest BCUT2D eigenvalue weighted by Crippen LogP contribution is -2.09. The van der Waals surface area contributed by atoms with Crippen LogP contribution in [-0.2, 0) is 6.54 Å². The maximum atomic E-state index is 9.32. The predicted octanol–water partition coefficient (Wildman–Crippen LogP) is 2.35. The molecule has 0 amide bonds. The van der Waals surface area contributed by atoms with Crippen molar-refractivity contribution in [2.24, 2.45) is 0 Å². The third-order valence-electron chi connectivity index (χ3n) is 4.82. The highest BCUT2D eigenvalue weighted by Gasteiger charge is 2.22. The van der Waals surface area contributed by atoms with E-state index < -0.39 is 0 Å². The van der Waals surface area contributed by atoms with E-state index >= 15 is 0 Å². The average Bonchev–Trinajstić information content (AvgIpc) is 2.89. The SMILES string of the molecule is COc1c(C)cnc(Cn2nc3c4c(nc(N)nc42)SCC(CCO)=C3)c1C. The van der Waals surface area contributed by atoms with Crippen LogP contribution in [-0.4, -0.2) is 49.3 Å². The smallest absolute Gasteiger partial charge is 0.223 e. The molecule has 3 aromatic heterocycles. The monoisotopic (exact) mass is 398 g/mol. The Hall–Kier alpha value is -2.65. The molecular formula is C19H22N6O2S. The molecule has 0 radical (unpaired) electrons. The summed E-state index contributed by atoms with van der Waals surface area (Å²) < 4.78 is 7.34. The van der Waals surface area contributed by atoms with Crippen LogP contribution in [0.25, 0.3) is 17.1 Å². The number of nitrogens with two attached hydrogens (primary N) is 1. The van der Waals surface area contributed by atoms with E-state index in [1.165, 1.54) is 0 Å². The van der Waals surface area contributed by atoms with E-state index in [1.807, 2.05) is 24.6 Å². The number of rotatable bonds is 5. The molecule has 1 aliphatic rings. The third-order valence-corrected chi connectivity index (χ3v) is 5.90. The van der Waals surface area contributed by atoms with Crippen molar-refractivity contribution >= 4 is 34.8 Å². The van der Waals surface area contributed by atoms with Crippen molar-refractivity contribution in [3.8, 4) is 5.75 Å². The zero-order valence-corrected chi connectivity index (χ0v) is 16.9. The molecule has 0 fully saturated rings. The minimum atomic E-state index is 0.104. The molecule has 146 valence electrons. The number of aryl methyl sites for hydroxylation is 1. The third kappa shape index (κ3) is 3.20. The van der Waals surface area contributed by atoms with E-state index in [0.717, 1.165) is 50.0 Å². The van der Waals surface area contributed by atoms with E-state index in [1.54, 1.807) is 25.1 Å². The fraction of sp³-hybridized carbons (Fsp3) is 0.368. The molecule has 4 rings (SSSR count). The van der Waals surface area contributed by atoms with Crippen molar-refractivity contribution in [1.29, 1.82) is 0 Å². The molecule has 1 aliphatic heterocycles. The van der Waals surface area contributed by atoms with Crippen LogP contribution in [0.5, 0.6) is 5.75 Å². The highest BCUT2D eigenvalue weighted by molar-refractivity contribution is 7.99. The van der Waals surface area contributed by atoms with Crippen LogP contribution in [0.3, 0.4) is 0 Å². The summed E-state index contributed by atoms with van der Waals surface area (Å²) in [7, 11) is 1.66. The van der Waals surface area contributed by atoms with Crippen molar-refractivity contribution in [2.45, 2.75) is 31.8 Å². The summed E-state index contributed by atoms with van der Waals surface area (Å²) in [4.78, 5) is 13.4. The first-order valence-electron chi connectivity index (χ1n) is 8.98. The molecule has 0 aliphatic carbocycles. The van der Waals surface area contributed by atoms with E-state index in [-0.39, 0.29) is 12.6 Å². The largest absolute Gasteiger partial charge is 0.496 e. The number of hydrogen-bond acceptors (Lipinski definition) is 8. The number of anilines is 1. The van der Waals surface area contributed by atoms with Gasteiger partial charge in [-0.1, -0.05) is 5.57 Å². The number of methoxy groups -OCH3 is 1. The van der Waals surface area contributed by atoms with Gasteiger partial charge < -0.3 is 15.6 Å². The van der Waals surface area contributed by atoms with E-state index in [2.05, 4.69) is 15.0 Å². The average molecular weight is 398 g/mol. The molecule has 0 spiro atoms. The second-order valence-electron chi connectivity index (χ2n) is 6.74. The molecule has 0 saturated carbocycles. The normalized spacial score (nSPS) is 13.5. The van der Waals surface area contributed by atoms with Crippen LogP contribution in [0.15, 0.2) is 16.8 Å². The Morgan fingerprint density at radius 1 is 1.32 bits per heavy atom. The van der Waals surface area contributed by atoms with E-state index in [9.17, 15) is 5.11 Å². The molecular weight excluding hydrogens is 376 g/mol. The van der Waals surface area contributed by atoms with Crippen LogP contribution in [0, 0.1) is 13.8 Å². The lowest BCUT2D eigenvalue weighted by molar-refractivity contribution is 0.300. The van der Waals surface area contributed by atoms with Crippen molar-refractivity contribution in [1.82, 2.24) is 24.7 Å². The van der Waals surface area contributed by atoms with Gasteiger partial charge in [-0.25, -0.2) is 9.67 Å². The maximum Gasteiger partial charge on any atom is 0.223 e. The Kier molecular flexibility index (Phi) is 4.94. The maximum absolute atomic E-state index is 9.32. The van der Waals surface area contributed by atoms with Gasteiger partial charge >= 0.3 is 0 Å². The standard InChI is InChI=1S/C19H22N6O2S/c1-10-7-21-14(11(2)16(10)27-3)8-25-17-15-13(24-25)6-12(4-5-26)9-28-18(15)23-19(20)22-17/h6-7,26H,4-5,8-9H2,1-3H3,(H2,20,22,23). The van der Waals surface area contributed by atoms with Crippen LogP contribution in [0.4, 0.5) is 5.95 Å². The number of nitrogens with zero attached hydrogens (tertiary/aromatic N) is 5. The van der Waals surface area contributed by atoms with Crippen molar-refractivity contribution in [3.05, 3.63) is 34.3 Å². The zero-order chi connectivity index (χ0) is 19.8. The molecule has 4 heterocycles. The number of aliphatic hydroxyl groups excluding tert-OH is 1. The van der Waals surface area contributed by atoms with Gasteiger partial charge in [-0.15, -0.1) is 11.8 Å². The molecule has 9 heteroatoms. The zero-order valence-electron chi connectivity index (χ0n) is 16.1. The lowest BCUT2D eigenvalue weighted by Gasteiger charge is -2.12. The summed E-state index contributed by atoms with van der Waals surface area (Å²) in [5, 5.41) is 15.8. The van der Waals surface area contributed by atoms with Crippen molar-refractivity contribution in [3.63, 3.8) is 0 Å². The summed E-state index contributed by atoms with van der Waals surface area (Å²) in [6.45, 7) is 4.52. The molecule has 3 aromatic rings. The number of pyridine rings is 1. The predicted molar refractivity (Wildman–Crippen MR) is 110 cm³/mol. The van der Waals surface area contributed by atoms with Gasteiger partial charge in [-0.2, -0.15) is 10.1 Å². The summed E-state index contributed by atoms with van der Waals surface area (Å²) >= 11 is 1.60. The number of aliphatic hydroxyl groups is 1. The van der Waals surface area contributed by atoms with E-state index in [0.29, 0.717) is 18.6 Å². The first kappa shape index (κ1) is 18.7. The van der Waals surface area contributed by atoms with Crippen LogP contribution in [0.2, 0.25) is 0 Å². The number of hydrogen-bond donors (Lipinski definition) is 2. The molecule has 0 unspecified atom stereocenters. The quantitative estimate of drug-likeness (QED) is 0.630. The Bertz CT molecular complexity index is 1090. The fourth-order valence-electron chi connectivity index (χ4n) is 3.46. The number of aromatic nitrogens is 5. The molecule has 0 aromatic carbocycles. The van der Waals surface area contributed by atoms with Gasteiger partial charge in [0.2, 0.25) is 5.95 Å². The molecule has 8 nitrogen and oxygen atoms in total. The molecule has 3 N–H and O–H groups in total. The van der Waals surface area contributed by atoms with Gasteiger partial charge in [-0.3, -0.25) is 4.98 Å². The number of nitrogen functional groups attached to an aromatic ring is 1. The second kappa shape index (κ2) is 7.40. The summed E-state index contributed by atoms with van der Waals surface area (Å²) in [6, 6.07) is 0. The van der Waals surface area contributed by atoms with Gasteiger partial charge in [0.05, 0.1) is 30.4 Å². The van der Waals surface area contributed by atoms with Crippen molar-refractivity contribution < 1.29 is 9.84 Å². The van der Waals surface area contributed by atoms with Crippen LogP contribution < -0.4 is 10.5 Å². The Morgan fingerprint density at radius 2 is 2.14 bits per heavy atom. The Balaban J connectivity index is 1.85. The molecule has 0 bridgehead atoms. The highest BCUT2D eigenvalue weighted by Crippen LogP contribution is 2.35. The fourth-order valence-corrected chi connectivity index (χ4v) is 4.50. The summed E-state index contributed by atoms with van der Waals surface area (Å²) in [6.07, 6.45) is 4.43. The topological polar surface area (TPSA) is 112 Å². The van der Waals surface area contributed by atoms with Gasteiger partial charge in [0.15, 0.2) is 5.65 Å². The first-order valence-corrected chi connectivity index (χ1v) is 9.96. The number of ether oxygens (including phenoxy) is 1. The molecule has 0 saturated heterocycles. The Labute approximate surface area is 166 Å².